The van der Waals surface area contributed by atoms with Gasteiger partial charge in [-0.15, -0.1) is 0 Å². The molecule has 1 aliphatic heterocycles. The van der Waals surface area contributed by atoms with Crippen LogP contribution in [0, 0.1) is 6.92 Å². The maximum atomic E-state index is 12.6. The fourth-order valence-corrected chi connectivity index (χ4v) is 6.32. The van der Waals surface area contributed by atoms with Gasteiger partial charge in [0.25, 0.3) is 0 Å². The van der Waals surface area contributed by atoms with Crippen LogP contribution in [0.15, 0.2) is 53.4 Å². The zero-order chi connectivity index (χ0) is 20.2. The second-order valence-electron chi connectivity index (χ2n) is 7.03. The first-order chi connectivity index (χ1) is 13.3. The zero-order valence-electron chi connectivity index (χ0n) is 16.0. The van der Waals surface area contributed by atoms with Gasteiger partial charge in [-0.1, -0.05) is 30.3 Å². The van der Waals surface area contributed by atoms with Gasteiger partial charge in [-0.05, 0) is 61.9 Å². The zero-order valence-corrected chi connectivity index (χ0v) is 17.6. The molecule has 8 heteroatoms. The third-order valence-electron chi connectivity index (χ3n) is 4.86. The van der Waals surface area contributed by atoms with Gasteiger partial charge in [-0.25, -0.2) is 21.6 Å². The van der Waals surface area contributed by atoms with Gasteiger partial charge in [0, 0.05) is 13.1 Å². The third kappa shape index (κ3) is 4.92. The quantitative estimate of drug-likeness (QED) is 0.696. The smallest absolute Gasteiger partial charge is 0.240 e. The molecule has 0 atom stereocenters. The number of nitrogens with zero attached hydrogens (tertiary/aromatic N) is 1. The molecule has 0 aliphatic carbocycles. The van der Waals surface area contributed by atoms with Crippen LogP contribution >= 0.6 is 0 Å². The van der Waals surface area contributed by atoms with Crippen molar-refractivity contribution in [3.63, 3.8) is 0 Å². The highest BCUT2D eigenvalue weighted by Gasteiger charge is 2.27. The van der Waals surface area contributed by atoms with Crippen LogP contribution in [0.3, 0.4) is 0 Å². The molecule has 2 aromatic carbocycles. The molecule has 0 bridgehead atoms. The number of hydrogen-bond donors (Lipinski definition) is 1. The lowest BCUT2D eigenvalue weighted by molar-refractivity contribution is 0.574. The first kappa shape index (κ1) is 20.8. The first-order valence-corrected chi connectivity index (χ1v) is 12.5. The minimum absolute atomic E-state index is 0.134. The van der Waals surface area contributed by atoms with Crippen LogP contribution in [0.2, 0.25) is 0 Å². The van der Waals surface area contributed by atoms with E-state index in [1.807, 2.05) is 30.3 Å². The van der Waals surface area contributed by atoms with Crippen LogP contribution in [-0.2, 0) is 26.5 Å². The van der Waals surface area contributed by atoms with Crippen molar-refractivity contribution in [2.45, 2.75) is 37.5 Å². The molecule has 1 fully saturated rings. The lowest BCUT2D eigenvalue weighted by Crippen LogP contribution is -2.38. The molecule has 1 heterocycles. The Morgan fingerprint density at radius 2 is 1.82 bits per heavy atom. The van der Waals surface area contributed by atoms with Gasteiger partial charge >= 0.3 is 0 Å². The summed E-state index contributed by atoms with van der Waals surface area (Å²) >= 11 is 0. The Hall–Kier alpha value is -1.90. The number of hydrogen-bond acceptors (Lipinski definition) is 4. The van der Waals surface area contributed by atoms with E-state index in [2.05, 4.69) is 4.72 Å². The van der Waals surface area contributed by atoms with Crippen molar-refractivity contribution in [1.29, 1.82) is 0 Å². The van der Waals surface area contributed by atoms with Gasteiger partial charge in [0.2, 0.25) is 20.0 Å². The van der Waals surface area contributed by atoms with Crippen LogP contribution in [0.4, 0.5) is 5.69 Å². The highest BCUT2D eigenvalue weighted by atomic mass is 32.2. The highest BCUT2D eigenvalue weighted by molar-refractivity contribution is 7.92. The van der Waals surface area contributed by atoms with Crippen molar-refractivity contribution in [1.82, 2.24) is 4.72 Å². The maximum absolute atomic E-state index is 12.6. The number of anilines is 1. The van der Waals surface area contributed by atoms with Crippen molar-refractivity contribution in [2.24, 2.45) is 0 Å². The fraction of sp³-hybridized carbons (Fsp3) is 0.400. The Morgan fingerprint density at radius 3 is 2.50 bits per heavy atom. The molecule has 0 amide bonds. The minimum atomic E-state index is -3.64. The SMILES string of the molecule is Cc1cc(N2CCCCS2(=O)=O)ccc1S(=O)(=O)NCCCc1ccccc1. The number of rotatable bonds is 7. The van der Waals surface area contributed by atoms with Crippen LogP contribution in [-0.4, -0.2) is 35.7 Å². The summed E-state index contributed by atoms with van der Waals surface area (Å²) in [5.74, 6) is 0.134. The molecule has 6 nitrogen and oxygen atoms in total. The van der Waals surface area contributed by atoms with Crippen molar-refractivity contribution in [3.05, 3.63) is 59.7 Å². The molecule has 0 saturated carbocycles. The largest absolute Gasteiger partial charge is 0.270 e. The molecule has 1 N–H and O–H groups in total. The van der Waals surface area contributed by atoms with E-state index in [9.17, 15) is 16.8 Å². The van der Waals surface area contributed by atoms with E-state index in [0.717, 1.165) is 12.8 Å². The molecule has 2 aromatic rings. The van der Waals surface area contributed by atoms with Gasteiger partial charge in [0.1, 0.15) is 0 Å². The fourth-order valence-electron chi connectivity index (χ4n) is 3.39. The summed E-state index contributed by atoms with van der Waals surface area (Å²) in [5.41, 5.74) is 2.24. The molecular weight excluding hydrogens is 396 g/mol. The van der Waals surface area contributed by atoms with Crippen molar-refractivity contribution in [2.75, 3.05) is 23.1 Å². The Morgan fingerprint density at radius 1 is 1.07 bits per heavy atom. The van der Waals surface area contributed by atoms with Crippen LogP contribution < -0.4 is 9.03 Å². The molecule has 152 valence electrons. The van der Waals surface area contributed by atoms with E-state index in [4.69, 9.17) is 0 Å². The monoisotopic (exact) mass is 422 g/mol. The van der Waals surface area contributed by atoms with Crippen LogP contribution in [0.5, 0.6) is 0 Å². The van der Waals surface area contributed by atoms with Gasteiger partial charge in [-0.2, -0.15) is 0 Å². The van der Waals surface area contributed by atoms with Gasteiger partial charge in [0.05, 0.1) is 16.3 Å². The number of nitrogens with one attached hydrogen (secondary N) is 1. The Bertz CT molecular complexity index is 1020. The highest BCUT2D eigenvalue weighted by Crippen LogP contribution is 2.27. The van der Waals surface area contributed by atoms with E-state index in [0.29, 0.717) is 37.2 Å². The van der Waals surface area contributed by atoms with E-state index < -0.39 is 20.0 Å². The van der Waals surface area contributed by atoms with Crippen LogP contribution in [0.25, 0.3) is 0 Å². The Balaban J connectivity index is 1.66. The van der Waals surface area contributed by atoms with Gasteiger partial charge in [-0.3, -0.25) is 4.31 Å². The summed E-state index contributed by atoms with van der Waals surface area (Å²) in [6, 6.07) is 14.6. The average molecular weight is 423 g/mol. The molecule has 0 unspecified atom stereocenters. The summed E-state index contributed by atoms with van der Waals surface area (Å²) in [4.78, 5) is 0.186. The molecule has 0 radical (unpaired) electrons. The lowest BCUT2D eigenvalue weighted by Gasteiger charge is -2.28. The first-order valence-electron chi connectivity index (χ1n) is 9.44. The summed E-state index contributed by atoms with van der Waals surface area (Å²) in [6.45, 7) is 2.48. The van der Waals surface area contributed by atoms with E-state index in [1.165, 1.54) is 15.9 Å². The molecule has 3 rings (SSSR count). The lowest BCUT2D eigenvalue weighted by atomic mass is 10.1. The normalized spacial score (nSPS) is 16.8. The number of sulfonamides is 2. The Labute approximate surface area is 167 Å². The number of aryl methyl sites for hydroxylation is 2. The van der Waals surface area contributed by atoms with Gasteiger partial charge < -0.3 is 0 Å². The van der Waals surface area contributed by atoms with Crippen LogP contribution in [0.1, 0.15) is 30.4 Å². The molecule has 0 aromatic heterocycles. The summed E-state index contributed by atoms with van der Waals surface area (Å²) < 4.78 is 53.8. The van der Waals surface area contributed by atoms with E-state index in [1.54, 1.807) is 19.1 Å². The second kappa shape index (κ2) is 8.63. The molecular formula is C20H26N2O4S2. The number of benzene rings is 2. The standard InChI is InChI=1S/C20H26N2O4S2/c1-17-16-19(22-14-5-6-15-27(22,23)24)11-12-20(17)28(25,26)21-13-7-10-18-8-3-2-4-9-18/h2-4,8-9,11-12,16,21H,5-7,10,13-15H2,1H3. The van der Waals surface area contributed by atoms with Crippen molar-refractivity contribution in [3.8, 4) is 0 Å². The summed E-state index contributed by atoms with van der Waals surface area (Å²) in [7, 11) is -6.96. The van der Waals surface area contributed by atoms with E-state index >= 15 is 0 Å². The average Bonchev–Trinajstić information content (AvgIpc) is 2.65. The molecule has 1 saturated heterocycles. The van der Waals surface area contributed by atoms with E-state index in [-0.39, 0.29) is 10.6 Å². The Kier molecular flexibility index (Phi) is 6.42. The summed E-state index contributed by atoms with van der Waals surface area (Å²) in [5, 5.41) is 0. The second-order valence-corrected chi connectivity index (χ2v) is 10.8. The predicted molar refractivity (Wildman–Crippen MR) is 111 cm³/mol. The topological polar surface area (TPSA) is 83.6 Å². The molecule has 1 aliphatic rings. The third-order valence-corrected chi connectivity index (χ3v) is 8.35. The minimum Gasteiger partial charge on any atom is -0.270 e. The summed E-state index contributed by atoms with van der Waals surface area (Å²) in [6.07, 6.45) is 2.97. The predicted octanol–water partition coefficient (Wildman–Crippen LogP) is 2.84. The molecule has 0 spiro atoms. The van der Waals surface area contributed by atoms with Crippen molar-refractivity contribution >= 4 is 25.7 Å². The molecule has 28 heavy (non-hydrogen) atoms. The maximum Gasteiger partial charge on any atom is 0.240 e. The van der Waals surface area contributed by atoms with Gasteiger partial charge in [0.15, 0.2) is 0 Å². The van der Waals surface area contributed by atoms with Crippen molar-refractivity contribution < 1.29 is 16.8 Å².